The molecule has 8 heteroatoms. The molecule has 106 valence electrons. The third kappa shape index (κ3) is 3.02. The maximum atomic E-state index is 13.4. The number of hydrogen-bond donors (Lipinski definition) is 3. The van der Waals surface area contributed by atoms with Crippen molar-refractivity contribution in [2.24, 2.45) is 0 Å². The third-order valence-electron chi connectivity index (χ3n) is 2.37. The van der Waals surface area contributed by atoms with Crippen molar-refractivity contribution in [2.45, 2.75) is 6.92 Å². The van der Waals surface area contributed by atoms with Gasteiger partial charge in [-0.15, -0.1) is 0 Å². The molecule has 20 heavy (non-hydrogen) atoms. The van der Waals surface area contributed by atoms with E-state index in [1.165, 1.54) is 0 Å². The topological polar surface area (TPSA) is 80.0 Å². The van der Waals surface area contributed by atoms with E-state index < -0.39 is 17.5 Å². The number of aromatic nitrogens is 1. The van der Waals surface area contributed by atoms with Crippen molar-refractivity contribution in [3.63, 3.8) is 0 Å². The number of anilines is 3. The molecule has 1 aromatic heterocycles. The molecule has 1 amide bonds. The van der Waals surface area contributed by atoms with E-state index in [4.69, 9.17) is 5.73 Å². The highest BCUT2D eigenvalue weighted by Gasteiger charge is 2.17. The van der Waals surface area contributed by atoms with Gasteiger partial charge >= 0.3 is 0 Å². The largest absolute Gasteiger partial charge is 0.382 e. The van der Waals surface area contributed by atoms with Gasteiger partial charge in [0.25, 0.3) is 5.91 Å². The van der Waals surface area contributed by atoms with Gasteiger partial charge in [-0.3, -0.25) is 4.79 Å². The van der Waals surface area contributed by atoms with Crippen LogP contribution in [0.4, 0.5) is 25.4 Å². The summed E-state index contributed by atoms with van der Waals surface area (Å²) < 4.78 is 26.2. The van der Waals surface area contributed by atoms with Crippen molar-refractivity contribution >= 4 is 33.9 Å². The lowest BCUT2D eigenvalue weighted by atomic mass is 10.3. The summed E-state index contributed by atoms with van der Waals surface area (Å²) in [5.41, 5.74) is 5.52. The zero-order valence-electron chi connectivity index (χ0n) is 10.5. The van der Waals surface area contributed by atoms with Crippen molar-refractivity contribution in [3.05, 3.63) is 34.7 Å². The van der Waals surface area contributed by atoms with Crippen molar-refractivity contribution in [2.75, 3.05) is 22.9 Å². The van der Waals surface area contributed by atoms with Crippen molar-refractivity contribution in [1.82, 2.24) is 4.98 Å². The van der Waals surface area contributed by atoms with Crippen molar-refractivity contribution in [3.8, 4) is 0 Å². The van der Waals surface area contributed by atoms with Crippen LogP contribution in [0.2, 0.25) is 0 Å². The molecule has 0 fully saturated rings. The standard InChI is InChI=1S/C12H12F2N4OS/c1-2-16-12-18-10(15)9(20-12)11(19)17-8-4-3-6(13)5-7(8)14/h3-5H,2,15H2,1H3,(H,16,18)(H,17,19). The molecule has 0 aliphatic rings. The Morgan fingerprint density at radius 3 is 2.85 bits per heavy atom. The fourth-order valence-corrected chi connectivity index (χ4v) is 2.34. The highest BCUT2D eigenvalue weighted by molar-refractivity contribution is 7.18. The number of carbonyl (C=O) groups is 1. The van der Waals surface area contributed by atoms with Crippen LogP contribution in [0.5, 0.6) is 0 Å². The van der Waals surface area contributed by atoms with Gasteiger partial charge in [-0.25, -0.2) is 13.8 Å². The molecule has 0 aliphatic heterocycles. The van der Waals surface area contributed by atoms with Crippen LogP contribution in [-0.4, -0.2) is 17.4 Å². The summed E-state index contributed by atoms with van der Waals surface area (Å²) in [6.45, 7) is 2.52. The number of nitrogen functional groups attached to an aromatic ring is 1. The zero-order chi connectivity index (χ0) is 14.7. The first-order chi connectivity index (χ1) is 9.51. The summed E-state index contributed by atoms with van der Waals surface area (Å²) in [5, 5.41) is 5.77. The Kier molecular flexibility index (Phi) is 4.14. The molecular formula is C12H12F2N4OS. The summed E-state index contributed by atoms with van der Waals surface area (Å²) in [6.07, 6.45) is 0. The quantitative estimate of drug-likeness (QED) is 0.810. The normalized spacial score (nSPS) is 10.3. The van der Waals surface area contributed by atoms with Gasteiger partial charge in [0.05, 0.1) is 5.69 Å². The Labute approximate surface area is 117 Å². The number of nitrogens with zero attached hydrogens (tertiary/aromatic N) is 1. The predicted molar refractivity (Wildman–Crippen MR) is 75.0 cm³/mol. The van der Waals surface area contributed by atoms with Crippen LogP contribution in [-0.2, 0) is 0 Å². The summed E-state index contributed by atoms with van der Waals surface area (Å²) >= 11 is 1.06. The number of nitrogens with one attached hydrogen (secondary N) is 2. The predicted octanol–water partition coefficient (Wildman–Crippen LogP) is 2.69. The lowest BCUT2D eigenvalue weighted by molar-refractivity contribution is 0.103. The highest BCUT2D eigenvalue weighted by atomic mass is 32.1. The minimum absolute atomic E-state index is 0.0611. The van der Waals surface area contributed by atoms with Gasteiger partial charge in [-0.2, -0.15) is 0 Å². The molecule has 0 spiro atoms. The van der Waals surface area contributed by atoms with E-state index in [-0.39, 0.29) is 16.4 Å². The third-order valence-corrected chi connectivity index (χ3v) is 3.39. The Balaban J connectivity index is 2.19. The maximum absolute atomic E-state index is 13.4. The summed E-state index contributed by atoms with van der Waals surface area (Å²) in [5.74, 6) is -2.10. The molecule has 2 rings (SSSR count). The molecule has 4 N–H and O–H groups in total. The van der Waals surface area contributed by atoms with Gasteiger partial charge in [0, 0.05) is 12.6 Å². The van der Waals surface area contributed by atoms with Gasteiger partial charge in [0.15, 0.2) is 5.13 Å². The SMILES string of the molecule is CCNc1nc(N)c(C(=O)Nc2ccc(F)cc2F)s1. The first-order valence-corrected chi connectivity index (χ1v) is 6.59. The Bertz CT molecular complexity index is 644. The minimum atomic E-state index is -0.853. The van der Waals surface area contributed by atoms with E-state index in [1.54, 1.807) is 0 Å². The second-order valence-electron chi connectivity index (χ2n) is 3.84. The molecule has 0 radical (unpaired) electrons. The van der Waals surface area contributed by atoms with Crippen LogP contribution in [0.15, 0.2) is 18.2 Å². The summed E-state index contributed by atoms with van der Waals surface area (Å²) in [7, 11) is 0. The number of benzene rings is 1. The van der Waals surface area contributed by atoms with Crippen molar-refractivity contribution in [1.29, 1.82) is 0 Å². The fraction of sp³-hybridized carbons (Fsp3) is 0.167. The van der Waals surface area contributed by atoms with E-state index in [2.05, 4.69) is 15.6 Å². The second kappa shape index (κ2) is 5.83. The molecule has 1 heterocycles. The van der Waals surface area contributed by atoms with E-state index in [0.717, 1.165) is 23.5 Å². The van der Waals surface area contributed by atoms with Crippen LogP contribution in [0.25, 0.3) is 0 Å². The zero-order valence-corrected chi connectivity index (χ0v) is 11.4. The number of halogens is 2. The number of carbonyl (C=O) groups excluding carboxylic acids is 1. The van der Waals surface area contributed by atoms with Crippen LogP contribution >= 0.6 is 11.3 Å². The molecule has 0 saturated heterocycles. The second-order valence-corrected chi connectivity index (χ2v) is 4.84. The number of thiazole rings is 1. The molecule has 1 aromatic carbocycles. The van der Waals surface area contributed by atoms with Gasteiger partial charge in [-0.1, -0.05) is 11.3 Å². The van der Waals surface area contributed by atoms with Crippen LogP contribution in [0, 0.1) is 11.6 Å². The average Bonchev–Trinajstić information content (AvgIpc) is 2.74. The van der Waals surface area contributed by atoms with Crippen molar-refractivity contribution < 1.29 is 13.6 Å². The molecule has 0 saturated carbocycles. The van der Waals surface area contributed by atoms with Crippen LogP contribution in [0.3, 0.4) is 0 Å². The van der Waals surface area contributed by atoms with Gasteiger partial charge in [0.2, 0.25) is 0 Å². The molecule has 5 nitrogen and oxygen atoms in total. The number of hydrogen-bond acceptors (Lipinski definition) is 5. The average molecular weight is 298 g/mol. The number of rotatable bonds is 4. The van der Waals surface area contributed by atoms with E-state index in [9.17, 15) is 13.6 Å². The Morgan fingerprint density at radius 1 is 1.45 bits per heavy atom. The molecule has 0 unspecified atom stereocenters. The number of amides is 1. The smallest absolute Gasteiger partial charge is 0.269 e. The van der Waals surface area contributed by atoms with Gasteiger partial charge in [-0.05, 0) is 19.1 Å². The van der Waals surface area contributed by atoms with Crippen LogP contribution < -0.4 is 16.4 Å². The lowest BCUT2D eigenvalue weighted by Gasteiger charge is -2.05. The Hall–Kier alpha value is -2.22. The monoisotopic (exact) mass is 298 g/mol. The molecular weight excluding hydrogens is 286 g/mol. The van der Waals surface area contributed by atoms with E-state index in [1.807, 2.05) is 6.92 Å². The summed E-state index contributed by atoms with van der Waals surface area (Å²) in [4.78, 5) is 16.1. The number of nitrogens with two attached hydrogens (primary N) is 1. The lowest BCUT2D eigenvalue weighted by Crippen LogP contribution is -2.13. The Morgan fingerprint density at radius 2 is 2.20 bits per heavy atom. The van der Waals surface area contributed by atoms with E-state index in [0.29, 0.717) is 17.7 Å². The first kappa shape index (κ1) is 14.2. The fourth-order valence-electron chi connectivity index (χ4n) is 1.49. The minimum Gasteiger partial charge on any atom is -0.382 e. The van der Waals surface area contributed by atoms with Crippen LogP contribution in [0.1, 0.15) is 16.6 Å². The maximum Gasteiger partial charge on any atom is 0.269 e. The molecule has 0 atom stereocenters. The van der Waals surface area contributed by atoms with Gasteiger partial charge < -0.3 is 16.4 Å². The molecule has 0 aliphatic carbocycles. The van der Waals surface area contributed by atoms with Gasteiger partial charge in [0.1, 0.15) is 22.3 Å². The van der Waals surface area contributed by atoms with E-state index >= 15 is 0 Å². The molecule has 0 bridgehead atoms. The molecule has 2 aromatic rings. The first-order valence-electron chi connectivity index (χ1n) is 5.77. The highest BCUT2D eigenvalue weighted by Crippen LogP contribution is 2.26. The summed E-state index contributed by atoms with van der Waals surface area (Å²) in [6, 6.07) is 2.89.